The number of rotatable bonds is 4. The first-order chi connectivity index (χ1) is 14.6. The van der Waals surface area contributed by atoms with Gasteiger partial charge in [0.25, 0.3) is 5.91 Å². The fraction of sp³-hybridized carbons (Fsp3) is 0.381. The molecule has 1 aliphatic rings. The zero-order valence-corrected chi connectivity index (χ0v) is 17.8. The van der Waals surface area contributed by atoms with E-state index in [-0.39, 0.29) is 27.9 Å². The van der Waals surface area contributed by atoms with E-state index >= 15 is 0 Å². The van der Waals surface area contributed by atoms with Crippen molar-refractivity contribution in [2.75, 3.05) is 4.90 Å². The monoisotopic (exact) mass is 482 g/mol. The number of amides is 1. The largest absolute Gasteiger partial charge is 0.435 e. The number of anilines is 1. The van der Waals surface area contributed by atoms with E-state index in [1.54, 1.807) is 26.0 Å². The number of halogens is 8. The zero-order valence-electron chi connectivity index (χ0n) is 17.0. The SMILES string of the molecule is Cc1cc(C(F)(C(F)(F)F)C(F)(F)F)ccc1N1C(=O)c2cccc(Cl)c2C1NC(C)C. The third kappa shape index (κ3) is 3.73. The van der Waals surface area contributed by atoms with Gasteiger partial charge in [-0.3, -0.25) is 15.0 Å². The minimum Gasteiger partial charge on any atom is -0.291 e. The van der Waals surface area contributed by atoms with Crippen molar-refractivity contribution in [3.05, 3.63) is 63.7 Å². The molecule has 1 atom stereocenters. The van der Waals surface area contributed by atoms with Crippen LogP contribution < -0.4 is 10.2 Å². The van der Waals surface area contributed by atoms with Crippen molar-refractivity contribution in [1.29, 1.82) is 0 Å². The van der Waals surface area contributed by atoms with Crippen LogP contribution in [0.2, 0.25) is 5.02 Å². The molecule has 1 heterocycles. The summed E-state index contributed by atoms with van der Waals surface area (Å²) in [5.41, 5.74) is -6.62. The molecule has 0 bridgehead atoms. The van der Waals surface area contributed by atoms with Crippen LogP contribution in [0.4, 0.5) is 36.4 Å². The lowest BCUT2D eigenvalue weighted by Crippen LogP contribution is -2.50. The predicted molar refractivity (Wildman–Crippen MR) is 105 cm³/mol. The van der Waals surface area contributed by atoms with Gasteiger partial charge in [0.05, 0.1) is 0 Å². The summed E-state index contributed by atoms with van der Waals surface area (Å²) in [4.78, 5) is 14.3. The van der Waals surface area contributed by atoms with Gasteiger partial charge in [-0.25, -0.2) is 4.39 Å². The highest BCUT2D eigenvalue weighted by atomic mass is 35.5. The van der Waals surface area contributed by atoms with Crippen molar-refractivity contribution in [1.82, 2.24) is 5.32 Å². The van der Waals surface area contributed by atoms with E-state index in [4.69, 9.17) is 11.6 Å². The van der Waals surface area contributed by atoms with Crippen LogP contribution in [-0.2, 0) is 5.67 Å². The van der Waals surface area contributed by atoms with Gasteiger partial charge in [-0.15, -0.1) is 0 Å². The summed E-state index contributed by atoms with van der Waals surface area (Å²) < 4.78 is 93.2. The molecule has 3 nitrogen and oxygen atoms in total. The Labute approximate surface area is 184 Å². The number of alkyl halides is 7. The van der Waals surface area contributed by atoms with Crippen LogP contribution in [0, 0.1) is 6.92 Å². The van der Waals surface area contributed by atoms with Gasteiger partial charge in [0.15, 0.2) is 0 Å². The number of fused-ring (bicyclic) bond motifs is 1. The van der Waals surface area contributed by atoms with E-state index in [1.165, 1.54) is 17.9 Å². The third-order valence-electron chi connectivity index (χ3n) is 5.16. The lowest BCUT2D eigenvalue weighted by Gasteiger charge is -2.32. The second kappa shape index (κ2) is 7.91. The maximum absolute atomic E-state index is 14.5. The minimum atomic E-state index is -6.23. The van der Waals surface area contributed by atoms with E-state index < -0.39 is 35.7 Å². The molecule has 0 saturated heterocycles. The highest BCUT2D eigenvalue weighted by Crippen LogP contribution is 2.54. The fourth-order valence-electron chi connectivity index (χ4n) is 3.73. The normalized spacial score (nSPS) is 17.3. The average Bonchev–Trinajstić information content (AvgIpc) is 2.92. The molecule has 0 aliphatic carbocycles. The van der Waals surface area contributed by atoms with Gasteiger partial charge >= 0.3 is 18.0 Å². The summed E-state index contributed by atoms with van der Waals surface area (Å²) in [6.45, 7) is 4.78. The molecule has 2 aromatic rings. The Morgan fingerprint density at radius 2 is 1.59 bits per heavy atom. The maximum Gasteiger partial charge on any atom is 0.435 e. The smallest absolute Gasteiger partial charge is 0.291 e. The van der Waals surface area contributed by atoms with Crippen molar-refractivity contribution >= 4 is 23.2 Å². The van der Waals surface area contributed by atoms with E-state index in [0.717, 1.165) is 6.07 Å². The first-order valence-electron chi connectivity index (χ1n) is 9.42. The molecule has 0 spiro atoms. The standard InChI is InChI=1S/C21H18ClF7N2O/c1-10(2)30-17-16-13(5-4-6-14(16)22)18(32)31(17)15-8-7-12(9-11(15)3)19(23,20(24,25)26)21(27,28)29/h4-10,17,30H,1-3H3. The van der Waals surface area contributed by atoms with Crippen LogP contribution in [0.5, 0.6) is 0 Å². The zero-order chi connectivity index (χ0) is 24.2. The van der Waals surface area contributed by atoms with Crippen molar-refractivity contribution < 1.29 is 35.5 Å². The Hall–Kier alpha value is -2.33. The van der Waals surface area contributed by atoms with Gasteiger partial charge in [0.2, 0.25) is 0 Å². The van der Waals surface area contributed by atoms with E-state index in [0.29, 0.717) is 17.7 Å². The highest BCUT2D eigenvalue weighted by molar-refractivity contribution is 6.32. The molecule has 0 fully saturated rings. The van der Waals surface area contributed by atoms with Crippen LogP contribution in [0.1, 0.15) is 47.1 Å². The molecule has 0 radical (unpaired) electrons. The molecule has 2 aromatic carbocycles. The van der Waals surface area contributed by atoms with Crippen LogP contribution in [0.25, 0.3) is 0 Å². The van der Waals surface area contributed by atoms with Crippen LogP contribution in [0.15, 0.2) is 36.4 Å². The Morgan fingerprint density at radius 1 is 1.00 bits per heavy atom. The van der Waals surface area contributed by atoms with Crippen molar-refractivity contribution in [2.45, 2.75) is 51.0 Å². The molecule has 1 aliphatic heterocycles. The molecular weight excluding hydrogens is 465 g/mol. The van der Waals surface area contributed by atoms with Gasteiger partial charge in [0.1, 0.15) is 6.17 Å². The summed E-state index contributed by atoms with van der Waals surface area (Å²) in [6.07, 6.45) is -13.3. The second-order valence-electron chi connectivity index (χ2n) is 7.76. The second-order valence-corrected chi connectivity index (χ2v) is 8.16. The van der Waals surface area contributed by atoms with Crippen molar-refractivity contribution in [3.63, 3.8) is 0 Å². The molecule has 1 unspecified atom stereocenters. The molecule has 11 heteroatoms. The summed E-state index contributed by atoms with van der Waals surface area (Å²) in [5, 5.41) is 3.39. The number of benzene rings is 2. The first kappa shape index (κ1) is 24.3. The Kier molecular flexibility index (Phi) is 6.01. The molecule has 0 saturated carbocycles. The molecule has 32 heavy (non-hydrogen) atoms. The van der Waals surface area contributed by atoms with Crippen LogP contribution >= 0.6 is 11.6 Å². The van der Waals surface area contributed by atoms with E-state index in [2.05, 4.69) is 5.32 Å². The van der Waals surface area contributed by atoms with Gasteiger partial charge < -0.3 is 0 Å². The lowest BCUT2D eigenvalue weighted by atomic mass is 9.92. The van der Waals surface area contributed by atoms with Crippen LogP contribution in [-0.4, -0.2) is 24.3 Å². The lowest BCUT2D eigenvalue weighted by molar-refractivity contribution is -0.348. The molecule has 0 aromatic heterocycles. The molecular formula is C21H18ClF7N2O. The van der Waals surface area contributed by atoms with E-state index in [1.807, 2.05) is 0 Å². The van der Waals surface area contributed by atoms with Gasteiger partial charge in [-0.05, 0) is 44.5 Å². The number of aryl methyl sites for hydroxylation is 1. The van der Waals surface area contributed by atoms with Crippen molar-refractivity contribution in [2.24, 2.45) is 0 Å². The quantitative estimate of drug-likeness (QED) is 0.498. The van der Waals surface area contributed by atoms with Crippen molar-refractivity contribution in [3.8, 4) is 0 Å². The highest BCUT2D eigenvalue weighted by Gasteiger charge is 2.73. The summed E-state index contributed by atoms with van der Waals surface area (Å²) in [6, 6.07) is 6.20. The topological polar surface area (TPSA) is 32.3 Å². The number of nitrogens with zero attached hydrogens (tertiary/aromatic N) is 1. The fourth-order valence-corrected chi connectivity index (χ4v) is 4.01. The number of hydrogen-bond acceptors (Lipinski definition) is 2. The molecule has 1 N–H and O–H groups in total. The van der Waals surface area contributed by atoms with Gasteiger partial charge in [-0.2, -0.15) is 26.3 Å². The maximum atomic E-state index is 14.5. The molecule has 1 amide bonds. The Morgan fingerprint density at radius 3 is 2.09 bits per heavy atom. The van der Waals surface area contributed by atoms with Crippen LogP contribution in [0.3, 0.4) is 0 Å². The number of carbonyl (C=O) groups excluding carboxylic acids is 1. The molecule has 174 valence electrons. The molecule has 3 rings (SSSR count). The van der Waals surface area contributed by atoms with Gasteiger partial charge in [-0.1, -0.05) is 29.8 Å². The Bertz CT molecular complexity index is 1040. The number of hydrogen-bond donors (Lipinski definition) is 1. The average molecular weight is 483 g/mol. The van der Waals surface area contributed by atoms with E-state index in [9.17, 15) is 35.5 Å². The Balaban J connectivity index is 2.15. The number of nitrogens with one attached hydrogen (secondary N) is 1. The number of carbonyl (C=O) groups is 1. The minimum absolute atomic E-state index is 0.0239. The third-order valence-corrected chi connectivity index (χ3v) is 5.49. The van der Waals surface area contributed by atoms with Gasteiger partial charge in [0, 0.05) is 33.4 Å². The summed E-state index contributed by atoms with van der Waals surface area (Å²) >= 11 is 6.27. The summed E-state index contributed by atoms with van der Waals surface area (Å²) in [5.74, 6) is -0.547. The predicted octanol–water partition coefficient (Wildman–Crippen LogP) is 6.59. The first-order valence-corrected chi connectivity index (χ1v) is 9.80. The summed E-state index contributed by atoms with van der Waals surface area (Å²) in [7, 11) is 0.